The quantitative estimate of drug-likeness (QED) is 0.528. The lowest BCUT2D eigenvalue weighted by Crippen LogP contribution is -2.45. The number of hydrogen-bond acceptors (Lipinski definition) is 4. The van der Waals surface area contributed by atoms with Crippen LogP contribution in [0, 0.1) is 0 Å². The summed E-state index contributed by atoms with van der Waals surface area (Å²) in [6, 6.07) is 13.1. The molecule has 3 aromatic rings. The molecule has 33 heavy (non-hydrogen) atoms. The topological polar surface area (TPSA) is 73.1 Å². The standard InChI is InChI=1S/C27H35N5O/c33-27(26-19-24-23(6-4-7-25(24)31-26)20-8-14-28-15-9-20)30-22-11-17-32(18-12-22)16-10-21-5-2-1-3-13-29-21/h4,6-9,14-15,19,21-22,29,31H,1-3,5,10-13,16-18H2,(H,30,33). The monoisotopic (exact) mass is 445 g/mol. The van der Waals surface area contributed by atoms with Crippen LogP contribution in [-0.4, -0.2) is 59.0 Å². The van der Waals surface area contributed by atoms with E-state index in [2.05, 4.69) is 31.6 Å². The molecule has 2 aliphatic rings. The minimum Gasteiger partial charge on any atom is -0.351 e. The lowest BCUT2D eigenvalue weighted by atomic mass is 10.0. The van der Waals surface area contributed by atoms with Crippen molar-refractivity contribution in [2.75, 3.05) is 26.2 Å². The lowest BCUT2D eigenvalue weighted by Gasteiger charge is -2.33. The number of nitrogens with zero attached hydrogens (tertiary/aromatic N) is 2. The molecule has 4 heterocycles. The molecule has 1 aromatic carbocycles. The number of H-pyrrole nitrogens is 1. The van der Waals surface area contributed by atoms with Crippen molar-refractivity contribution in [2.24, 2.45) is 0 Å². The molecule has 6 nitrogen and oxygen atoms in total. The minimum atomic E-state index is -0.00650. The van der Waals surface area contributed by atoms with Gasteiger partial charge in [0.2, 0.25) is 0 Å². The van der Waals surface area contributed by atoms with E-state index in [9.17, 15) is 4.79 Å². The van der Waals surface area contributed by atoms with Crippen molar-refractivity contribution in [3.8, 4) is 11.1 Å². The lowest BCUT2D eigenvalue weighted by molar-refractivity contribution is 0.0905. The number of carbonyl (C=O) groups excluding carboxylic acids is 1. The first-order valence-corrected chi connectivity index (χ1v) is 12.5. The van der Waals surface area contributed by atoms with E-state index in [0.29, 0.717) is 11.7 Å². The highest BCUT2D eigenvalue weighted by molar-refractivity contribution is 6.02. The number of nitrogens with one attached hydrogen (secondary N) is 3. The molecular weight excluding hydrogens is 410 g/mol. The Morgan fingerprint density at radius 2 is 1.91 bits per heavy atom. The fourth-order valence-electron chi connectivity index (χ4n) is 5.31. The molecule has 5 rings (SSSR count). The summed E-state index contributed by atoms with van der Waals surface area (Å²) in [6.07, 6.45) is 12.3. The van der Waals surface area contributed by atoms with Gasteiger partial charge in [-0.1, -0.05) is 25.0 Å². The largest absolute Gasteiger partial charge is 0.351 e. The van der Waals surface area contributed by atoms with Crippen LogP contribution in [0.15, 0.2) is 48.8 Å². The van der Waals surface area contributed by atoms with Crippen LogP contribution in [0.5, 0.6) is 0 Å². The van der Waals surface area contributed by atoms with Gasteiger partial charge in [0.05, 0.1) is 0 Å². The predicted octanol–water partition coefficient (Wildman–Crippen LogP) is 4.35. The first-order chi connectivity index (χ1) is 16.3. The minimum absolute atomic E-state index is 0.00650. The van der Waals surface area contributed by atoms with E-state index >= 15 is 0 Å². The highest BCUT2D eigenvalue weighted by Gasteiger charge is 2.23. The van der Waals surface area contributed by atoms with Gasteiger partial charge in [-0.2, -0.15) is 0 Å². The molecule has 3 N–H and O–H groups in total. The fraction of sp³-hybridized carbons (Fsp3) is 0.481. The Kier molecular flexibility index (Phi) is 7.03. The van der Waals surface area contributed by atoms with Gasteiger partial charge in [0.15, 0.2) is 0 Å². The van der Waals surface area contributed by atoms with Crippen molar-refractivity contribution in [3.63, 3.8) is 0 Å². The maximum Gasteiger partial charge on any atom is 0.267 e. The van der Waals surface area contributed by atoms with Gasteiger partial charge in [0, 0.05) is 48.5 Å². The first kappa shape index (κ1) is 22.1. The Labute approximate surface area is 196 Å². The number of carbonyl (C=O) groups is 1. The Hall–Kier alpha value is -2.70. The van der Waals surface area contributed by atoms with Gasteiger partial charge in [-0.15, -0.1) is 0 Å². The van der Waals surface area contributed by atoms with E-state index in [1.807, 2.05) is 30.3 Å². The number of piperidine rings is 1. The average Bonchev–Trinajstić information content (AvgIpc) is 3.13. The number of likely N-dealkylation sites (tertiary alicyclic amines) is 1. The van der Waals surface area contributed by atoms with Crippen LogP contribution in [0.1, 0.15) is 55.4 Å². The van der Waals surface area contributed by atoms with Gasteiger partial charge in [-0.25, -0.2) is 0 Å². The third kappa shape index (κ3) is 5.45. The molecule has 2 aliphatic heterocycles. The Morgan fingerprint density at radius 1 is 1.06 bits per heavy atom. The van der Waals surface area contributed by atoms with E-state index in [0.717, 1.165) is 54.5 Å². The molecule has 0 spiro atoms. The number of fused-ring (bicyclic) bond motifs is 1. The fourth-order valence-corrected chi connectivity index (χ4v) is 5.31. The second-order valence-electron chi connectivity index (χ2n) is 9.56. The van der Waals surface area contributed by atoms with Crippen molar-refractivity contribution >= 4 is 16.8 Å². The van der Waals surface area contributed by atoms with Crippen molar-refractivity contribution < 1.29 is 4.79 Å². The van der Waals surface area contributed by atoms with Gasteiger partial charge in [-0.3, -0.25) is 9.78 Å². The number of aromatic amines is 1. The Bertz CT molecular complexity index is 1050. The normalized spacial score (nSPS) is 20.5. The van der Waals surface area contributed by atoms with Crippen molar-refractivity contribution in [1.82, 2.24) is 25.5 Å². The zero-order valence-electron chi connectivity index (χ0n) is 19.4. The SMILES string of the molecule is O=C(NC1CCN(CCC2CCCCCN2)CC1)c1cc2c(-c3ccncc3)cccc2[nH]1. The Balaban J connectivity index is 1.15. The molecule has 2 aromatic heterocycles. The van der Waals surface area contributed by atoms with Crippen LogP contribution in [0.2, 0.25) is 0 Å². The second kappa shape index (κ2) is 10.5. The molecule has 0 aliphatic carbocycles. The zero-order chi connectivity index (χ0) is 22.5. The van der Waals surface area contributed by atoms with Crippen molar-refractivity contribution in [3.05, 3.63) is 54.5 Å². The highest BCUT2D eigenvalue weighted by Crippen LogP contribution is 2.29. The Morgan fingerprint density at radius 3 is 2.76 bits per heavy atom. The molecule has 1 atom stereocenters. The van der Waals surface area contributed by atoms with Crippen molar-refractivity contribution in [1.29, 1.82) is 0 Å². The van der Waals surface area contributed by atoms with Gasteiger partial charge in [0.25, 0.3) is 5.91 Å². The van der Waals surface area contributed by atoms with E-state index in [4.69, 9.17) is 0 Å². The molecule has 1 amide bonds. The van der Waals surface area contributed by atoms with E-state index in [1.165, 1.54) is 38.6 Å². The number of aromatic nitrogens is 2. The van der Waals surface area contributed by atoms with E-state index in [1.54, 1.807) is 12.4 Å². The summed E-state index contributed by atoms with van der Waals surface area (Å²) in [4.78, 5) is 23.0. The molecule has 6 heteroatoms. The summed E-state index contributed by atoms with van der Waals surface area (Å²) in [6.45, 7) is 4.47. The third-order valence-corrected chi connectivity index (χ3v) is 7.28. The number of hydrogen-bond donors (Lipinski definition) is 3. The van der Waals surface area contributed by atoms with Gasteiger partial charge < -0.3 is 20.5 Å². The van der Waals surface area contributed by atoms with E-state index in [-0.39, 0.29) is 11.9 Å². The zero-order valence-corrected chi connectivity index (χ0v) is 19.4. The van der Waals surface area contributed by atoms with E-state index < -0.39 is 0 Å². The summed E-state index contributed by atoms with van der Waals surface area (Å²) < 4.78 is 0. The molecule has 1 unspecified atom stereocenters. The molecule has 0 radical (unpaired) electrons. The molecule has 0 saturated carbocycles. The maximum absolute atomic E-state index is 13.0. The summed E-state index contributed by atoms with van der Waals surface area (Å²) in [5.41, 5.74) is 3.83. The summed E-state index contributed by atoms with van der Waals surface area (Å²) in [5, 5.41) is 8.05. The smallest absolute Gasteiger partial charge is 0.267 e. The first-order valence-electron chi connectivity index (χ1n) is 12.5. The predicted molar refractivity (Wildman–Crippen MR) is 133 cm³/mol. The van der Waals surface area contributed by atoms with Crippen LogP contribution >= 0.6 is 0 Å². The second-order valence-corrected chi connectivity index (χ2v) is 9.56. The molecule has 2 saturated heterocycles. The number of benzene rings is 1. The van der Waals surface area contributed by atoms with Gasteiger partial charge in [-0.05, 0) is 80.6 Å². The average molecular weight is 446 g/mol. The number of pyridine rings is 1. The summed E-state index contributed by atoms with van der Waals surface area (Å²) >= 11 is 0. The molecule has 174 valence electrons. The van der Waals surface area contributed by atoms with Crippen LogP contribution in [-0.2, 0) is 0 Å². The van der Waals surface area contributed by atoms with Crippen LogP contribution in [0.25, 0.3) is 22.0 Å². The number of amides is 1. The van der Waals surface area contributed by atoms with Gasteiger partial charge in [0.1, 0.15) is 5.69 Å². The van der Waals surface area contributed by atoms with Gasteiger partial charge >= 0.3 is 0 Å². The van der Waals surface area contributed by atoms with Crippen LogP contribution in [0.4, 0.5) is 0 Å². The number of rotatable bonds is 6. The molecular formula is C27H35N5O. The summed E-state index contributed by atoms with van der Waals surface area (Å²) in [7, 11) is 0. The maximum atomic E-state index is 13.0. The highest BCUT2D eigenvalue weighted by atomic mass is 16.1. The molecule has 0 bridgehead atoms. The van der Waals surface area contributed by atoms with Crippen LogP contribution < -0.4 is 10.6 Å². The molecule has 2 fully saturated rings. The summed E-state index contributed by atoms with van der Waals surface area (Å²) in [5.74, 6) is -0.00650. The van der Waals surface area contributed by atoms with Crippen molar-refractivity contribution in [2.45, 2.75) is 57.0 Å². The van der Waals surface area contributed by atoms with Crippen LogP contribution in [0.3, 0.4) is 0 Å². The third-order valence-electron chi connectivity index (χ3n) is 7.28.